The number of halogens is 1. The maximum Gasteiger partial charge on any atom is 0.141 e. The minimum atomic E-state index is -0.256. The lowest BCUT2D eigenvalue weighted by atomic mass is 10.2. The van der Waals surface area contributed by atoms with Crippen LogP contribution in [0.3, 0.4) is 0 Å². The Kier molecular flexibility index (Phi) is 3.41. The van der Waals surface area contributed by atoms with E-state index in [0.29, 0.717) is 12.4 Å². The van der Waals surface area contributed by atoms with Crippen molar-refractivity contribution in [2.24, 2.45) is 0 Å². The largest absolute Gasteiger partial charge is 0.383 e. The van der Waals surface area contributed by atoms with Crippen LogP contribution in [0.5, 0.6) is 0 Å². The van der Waals surface area contributed by atoms with Gasteiger partial charge in [0.15, 0.2) is 0 Å². The Labute approximate surface area is 105 Å². The summed E-state index contributed by atoms with van der Waals surface area (Å²) in [5.41, 5.74) is 7.48. The molecule has 0 unspecified atom stereocenters. The second kappa shape index (κ2) is 5.00. The van der Waals surface area contributed by atoms with Gasteiger partial charge in [0.1, 0.15) is 23.8 Å². The van der Waals surface area contributed by atoms with Crippen LogP contribution < -0.4 is 10.6 Å². The summed E-state index contributed by atoms with van der Waals surface area (Å²) in [6.07, 6.45) is 1.43. The number of hydrogen-bond donors (Lipinski definition) is 1. The van der Waals surface area contributed by atoms with Crippen LogP contribution in [-0.4, -0.2) is 16.5 Å². The summed E-state index contributed by atoms with van der Waals surface area (Å²) in [4.78, 5) is 10.2. The van der Waals surface area contributed by atoms with Crippen molar-refractivity contribution >= 4 is 17.3 Å². The van der Waals surface area contributed by atoms with Crippen LogP contribution >= 0.6 is 0 Å². The lowest BCUT2D eigenvalue weighted by molar-refractivity contribution is 0.627. The molecule has 1 aromatic carbocycles. The Morgan fingerprint density at radius 1 is 1.22 bits per heavy atom. The van der Waals surface area contributed by atoms with E-state index in [1.54, 1.807) is 12.1 Å². The zero-order chi connectivity index (χ0) is 13.1. The average molecular weight is 246 g/mol. The lowest BCUT2D eigenvalue weighted by Gasteiger charge is -2.23. The van der Waals surface area contributed by atoms with Crippen molar-refractivity contribution in [3.05, 3.63) is 42.0 Å². The van der Waals surface area contributed by atoms with Crippen molar-refractivity contribution in [1.29, 1.82) is 0 Å². The number of nitrogen functional groups attached to an aromatic ring is 1. The molecule has 94 valence electrons. The molecule has 0 atom stereocenters. The molecule has 0 amide bonds. The molecule has 0 aliphatic carbocycles. The van der Waals surface area contributed by atoms with Gasteiger partial charge < -0.3 is 10.6 Å². The Bertz CT molecular complexity index is 539. The number of hydrogen-bond acceptors (Lipinski definition) is 4. The number of nitrogens with zero attached hydrogens (tertiary/aromatic N) is 3. The zero-order valence-electron chi connectivity index (χ0n) is 10.4. The molecule has 0 aliphatic rings. The highest BCUT2D eigenvalue weighted by molar-refractivity contribution is 5.65. The smallest absolute Gasteiger partial charge is 0.141 e. The van der Waals surface area contributed by atoms with Crippen molar-refractivity contribution in [2.45, 2.75) is 13.8 Å². The molecule has 0 bridgehead atoms. The summed E-state index contributed by atoms with van der Waals surface area (Å²) < 4.78 is 12.9. The predicted octanol–water partition coefficient (Wildman–Crippen LogP) is 2.66. The molecule has 18 heavy (non-hydrogen) atoms. The number of rotatable bonds is 3. The summed E-state index contributed by atoms with van der Waals surface area (Å²) in [7, 11) is 0. The van der Waals surface area contributed by atoms with Gasteiger partial charge in [-0.2, -0.15) is 0 Å². The molecule has 0 spiro atoms. The molecule has 0 fully saturated rings. The van der Waals surface area contributed by atoms with E-state index in [9.17, 15) is 4.39 Å². The molecule has 0 radical (unpaired) electrons. The van der Waals surface area contributed by atoms with Crippen LogP contribution in [0, 0.1) is 12.7 Å². The Morgan fingerprint density at radius 3 is 2.50 bits per heavy atom. The van der Waals surface area contributed by atoms with Crippen molar-refractivity contribution in [3.8, 4) is 0 Å². The molecular formula is C13H15FN4. The van der Waals surface area contributed by atoms with Gasteiger partial charge in [-0.3, -0.25) is 0 Å². The third kappa shape index (κ3) is 2.25. The van der Waals surface area contributed by atoms with E-state index >= 15 is 0 Å². The first-order valence-electron chi connectivity index (χ1n) is 5.73. The first-order chi connectivity index (χ1) is 8.63. The normalized spacial score (nSPS) is 10.4. The number of nitrogens with two attached hydrogens (primary N) is 1. The van der Waals surface area contributed by atoms with E-state index in [-0.39, 0.29) is 5.82 Å². The second-order valence-electron chi connectivity index (χ2n) is 3.93. The average Bonchev–Trinajstić information content (AvgIpc) is 2.37. The number of aromatic nitrogens is 2. The van der Waals surface area contributed by atoms with Crippen molar-refractivity contribution in [2.75, 3.05) is 17.2 Å². The molecule has 0 saturated carbocycles. The van der Waals surface area contributed by atoms with Crippen molar-refractivity contribution in [1.82, 2.24) is 9.97 Å². The van der Waals surface area contributed by atoms with Crippen LogP contribution in [0.25, 0.3) is 0 Å². The van der Waals surface area contributed by atoms with Gasteiger partial charge in [-0.25, -0.2) is 14.4 Å². The zero-order valence-corrected chi connectivity index (χ0v) is 10.4. The fourth-order valence-electron chi connectivity index (χ4n) is 1.80. The first kappa shape index (κ1) is 12.3. The Morgan fingerprint density at radius 2 is 1.89 bits per heavy atom. The third-order valence-corrected chi connectivity index (χ3v) is 2.81. The molecule has 2 aromatic rings. The van der Waals surface area contributed by atoms with Gasteiger partial charge in [-0.05, 0) is 38.1 Å². The molecule has 1 aromatic heterocycles. The highest BCUT2D eigenvalue weighted by Gasteiger charge is 2.13. The standard InChI is InChI=1S/C13H15FN4/c1-3-18(11-6-4-10(14)5-7-11)13-9(2)12(15)16-8-17-13/h4-8H,3H2,1-2H3,(H2,15,16,17). The van der Waals surface area contributed by atoms with Crippen LogP contribution in [0.4, 0.5) is 21.7 Å². The maximum atomic E-state index is 12.9. The molecule has 5 heteroatoms. The predicted molar refractivity (Wildman–Crippen MR) is 70.3 cm³/mol. The van der Waals surface area contributed by atoms with Gasteiger partial charge in [0, 0.05) is 17.8 Å². The van der Waals surface area contributed by atoms with Gasteiger partial charge in [-0.1, -0.05) is 0 Å². The van der Waals surface area contributed by atoms with Crippen LogP contribution in [0.1, 0.15) is 12.5 Å². The van der Waals surface area contributed by atoms with Gasteiger partial charge in [0.2, 0.25) is 0 Å². The SMILES string of the molecule is CCN(c1ccc(F)cc1)c1ncnc(N)c1C. The van der Waals surface area contributed by atoms with E-state index in [1.165, 1.54) is 18.5 Å². The number of benzene rings is 1. The van der Waals surface area contributed by atoms with Crippen molar-refractivity contribution < 1.29 is 4.39 Å². The van der Waals surface area contributed by atoms with E-state index in [1.807, 2.05) is 18.7 Å². The fourth-order valence-corrected chi connectivity index (χ4v) is 1.80. The lowest BCUT2D eigenvalue weighted by Crippen LogP contribution is -2.19. The van der Waals surface area contributed by atoms with E-state index in [0.717, 1.165) is 17.1 Å². The highest BCUT2D eigenvalue weighted by atomic mass is 19.1. The highest BCUT2D eigenvalue weighted by Crippen LogP contribution is 2.27. The molecule has 4 nitrogen and oxygen atoms in total. The Hall–Kier alpha value is -2.17. The van der Waals surface area contributed by atoms with E-state index in [2.05, 4.69) is 9.97 Å². The topological polar surface area (TPSA) is 55.0 Å². The molecule has 0 aliphatic heterocycles. The summed E-state index contributed by atoms with van der Waals surface area (Å²) in [5, 5.41) is 0. The van der Waals surface area contributed by atoms with E-state index < -0.39 is 0 Å². The van der Waals surface area contributed by atoms with E-state index in [4.69, 9.17) is 5.73 Å². The fraction of sp³-hybridized carbons (Fsp3) is 0.231. The second-order valence-corrected chi connectivity index (χ2v) is 3.93. The summed E-state index contributed by atoms with van der Waals surface area (Å²) in [6, 6.07) is 6.29. The molecule has 2 rings (SSSR count). The van der Waals surface area contributed by atoms with Gasteiger partial charge in [0.25, 0.3) is 0 Å². The minimum absolute atomic E-state index is 0.256. The van der Waals surface area contributed by atoms with Gasteiger partial charge in [0.05, 0.1) is 0 Å². The maximum absolute atomic E-state index is 12.9. The minimum Gasteiger partial charge on any atom is -0.383 e. The molecular weight excluding hydrogens is 231 g/mol. The summed E-state index contributed by atoms with van der Waals surface area (Å²) in [5.74, 6) is 0.950. The molecule has 2 N–H and O–H groups in total. The summed E-state index contributed by atoms with van der Waals surface area (Å²) in [6.45, 7) is 4.58. The van der Waals surface area contributed by atoms with Crippen molar-refractivity contribution in [3.63, 3.8) is 0 Å². The van der Waals surface area contributed by atoms with Crippen LogP contribution in [0.15, 0.2) is 30.6 Å². The van der Waals surface area contributed by atoms with Gasteiger partial charge in [-0.15, -0.1) is 0 Å². The summed E-state index contributed by atoms with van der Waals surface area (Å²) >= 11 is 0. The van der Waals surface area contributed by atoms with Crippen LogP contribution in [-0.2, 0) is 0 Å². The molecule has 0 saturated heterocycles. The van der Waals surface area contributed by atoms with Crippen LogP contribution in [0.2, 0.25) is 0 Å². The quantitative estimate of drug-likeness (QED) is 0.904. The Balaban J connectivity index is 2.45. The third-order valence-electron chi connectivity index (χ3n) is 2.81. The molecule has 1 heterocycles. The number of anilines is 3. The monoisotopic (exact) mass is 246 g/mol. The van der Waals surface area contributed by atoms with Gasteiger partial charge >= 0.3 is 0 Å². The first-order valence-corrected chi connectivity index (χ1v) is 5.73.